The topological polar surface area (TPSA) is 63.2 Å². The number of nitrogens with one attached hydrogen (secondary N) is 1. The summed E-state index contributed by atoms with van der Waals surface area (Å²) in [7, 11) is -3.67. The molecule has 0 fully saturated rings. The minimum atomic E-state index is -3.67. The van der Waals surface area contributed by atoms with Crippen molar-refractivity contribution in [2.75, 3.05) is 11.6 Å². The van der Waals surface area contributed by atoms with Crippen LogP contribution in [0.5, 0.6) is 0 Å². The molecule has 0 radical (unpaired) electrons. The second kappa shape index (κ2) is 5.61. The number of benzene rings is 2. The van der Waals surface area contributed by atoms with E-state index in [-0.39, 0.29) is 11.3 Å². The molecule has 21 heavy (non-hydrogen) atoms. The maximum Gasteiger partial charge on any atom is 0.255 e. The highest BCUT2D eigenvalue weighted by Crippen LogP contribution is 2.19. The summed E-state index contributed by atoms with van der Waals surface area (Å²) in [4.78, 5) is 11.4. The first-order chi connectivity index (χ1) is 9.77. The van der Waals surface area contributed by atoms with Gasteiger partial charge in [0.15, 0.2) is 9.84 Å². The molecular weight excluding hydrogens is 300 g/mol. The lowest BCUT2D eigenvalue weighted by atomic mass is 10.2. The zero-order valence-corrected chi connectivity index (χ0v) is 11.7. The van der Waals surface area contributed by atoms with Crippen LogP contribution in [0, 0.1) is 11.6 Å². The van der Waals surface area contributed by atoms with E-state index in [1.165, 1.54) is 18.2 Å². The molecule has 1 amide bonds. The summed E-state index contributed by atoms with van der Waals surface area (Å²) in [6, 6.07) is 8.09. The van der Waals surface area contributed by atoms with Gasteiger partial charge in [0.25, 0.3) is 5.91 Å². The Hall–Kier alpha value is -2.28. The van der Waals surface area contributed by atoms with Crippen molar-refractivity contribution in [2.45, 2.75) is 4.90 Å². The summed E-state index contributed by atoms with van der Waals surface area (Å²) in [6.45, 7) is 0. The first kappa shape index (κ1) is 15.1. The number of rotatable bonds is 3. The van der Waals surface area contributed by atoms with Crippen LogP contribution in [-0.2, 0) is 9.84 Å². The number of hydrogen-bond acceptors (Lipinski definition) is 3. The molecule has 2 aromatic rings. The Labute approximate surface area is 120 Å². The van der Waals surface area contributed by atoms with Gasteiger partial charge in [-0.15, -0.1) is 0 Å². The van der Waals surface area contributed by atoms with Crippen molar-refractivity contribution in [1.29, 1.82) is 0 Å². The number of halogens is 2. The highest BCUT2D eigenvalue weighted by molar-refractivity contribution is 7.90. The minimum Gasteiger partial charge on any atom is -0.322 e. The fraction of sp³-hybridized carbons (Fsp3) is 0.0714. The number of hydrogen-bond donors (Lipinski definition) is 1. The molecule has 4 nitrogen and oxygen atoms in total. The molecule has 0 aliphatic rings. The van der Waals surface area contributed by atoms with Gasteiger partial charge < -0.3 is 5.32 Å². The molecule has 0 aliphatic carbocycles. The van der Waals surface area contributed by atoms with E-state index in [2.05, 4.69) is 5.32 Å². The predicted octanol–water partition coefficient (Wildman–Crippen LogP) is 2.62. The smallest absolute Gasteiger partial charge is 0.255 e. The highest BCUT2D eigenvalue weighted by Gasteiger charge is 2.15. The molecule has 0 saturated heterocycles. The van der Waals surface area contributed by atoms with Crippen molar-refractivity contribution in [2.24, 2.45) is 0 Å². The summed E-state index contributed by atoms with van der Waals surface area (Å²) >= 11 is 0. The molecule has 0 aliphatic heterocycles. The monoisotopic (exact) mass is 311 g/mol. The largest absolute Gasteiger partial charge is 0.322 e. The Morgan fingerprint density at radius 1 is 1.05 bits per heavy atom. The van der Waals surface area contributed by atoms with Gasteiger partial charge in [-0.25, -0.2) is 17.2 Å². The molecule has 110 valence electrons. The Balaban J connectivity index is 2.22. The first-order valence-electron chi connectivity index (χ1n) is 5.84. The Morgan fingerprint density at radius 3 is 2.19 bits per heavy atom. The molecule has 0 atom stereocenters. The number of carbonyl (C=O) groups is 1. The Morgan fingerprint density at radius 2 is 1.67 bits per heavy atom. The number of sulfone groups is 1. The van der Waals surface area contributed by atoms with Crippen LogP contribution in [0.15, 0.2) is 47.4 Å². The van der Waals surface area contributed by atoms with Crippen molar-refractivity contribution in [3.63, 3.8) is 0 Å². The van der Waals surface area contributed by atoms with Crippen LogP contribution in [0.3, 0.4) is 0 Å². The van der Waals surface area contributed by atoms with Gasteiger partial charge in [-0.1, -0.05) is 0 Å². The standard InChI is InChI=1S/C14H11F2NO3S/c1-21(19,20)13-7-6-11(8-12(13)16)17-14(18)9-2-4-10(15)5-3-9/h2-8H,1H3,(H,17,18). The Kier molecular flexibility index (Phi) is 4.04. The zero-order valence-electron chi connectivity index (χ0n) is 10.9. The molecule has 0 heterocycles. The van der Waals surface area contributed by atoms with Crippen molar-refractivity contribution in [3.8, 4) is 0 Å². The van der Waals surface area contributed by atoms with E-state index in [0.29, 0.717) is 0 Å². The fourth-order valence-corrected chi connectivity index (χ4v) is 2.41. The molecule has 0 unspecified atom stereocenters. The Bertz CT molecular complexity index is 786. The molecule has 2 aromatic carbocycles. The molecule has 0 saturated carbocycles. The number of carbonyl (C=O) groups excluding carboxylic acids is 1. The quantitative estimate of drug-likeness (QED) is 0.948. The average molecular weight is 311 g/mol. The zero-order chi connectivity index (χ0) is 15.6. The van der Waals surface area contributed by atoms with Gasteiger partial charge in [0, 0.05) is 17.5 Å². The maximum atomic E-state index is 13.7. The van der Waals surface area contributed by atoms with Crippen LogP contribution < -0.4 is 5.32 Å². The van der Waals surface area contributed by atoms with Gasteiger partial charge >= 0.3 is 0 Å². The van der Waals surface area contributed by atoms with Crippen LogP contribution in [0.4, 0.5) is 14.5 Å². The van der Waals surface area contributed by atoms with E-state index >= 15 is 0 Å². The van der Waals surface area contributed by atoms with Gasteiger partial charge in [0.05, 0.1) is 0 Å². The molecule has 1 N–H and O–H groups in total. The van der Waals surface area contributed by atoms with E-state index in [4.69, 9.17) is 0 Å². The van der Waals surface area contributed by atoms with Crippen molar-refractivity contribution < 1.29 is 22.0 Å². The van der Waals surface area contributed by atoms with Crippen LogP contribution in [0.1, 0.15) is 10.4 Å². The van der Waals surface area contributed by atoms with Gasteiger partial charge in [0.2, 0.25) is 0 Å². The molecule has 2 rings (SSSR count). The minimum absolute atomic E-state index is 0.106. The van der Waals surface area contributed by atoms with E-state index in [0.717, 1.165) is 30.5 Å². The third-order valence-corrected chi connectivity index (χ3v) is 3.83. The van der Waals surface area contributed by atoms with Crippen molar-refractivity contribution >= 4 is 21.4 Å². The molecular formula is C14H11F2NO3S. The van der Waals surface area contributed by atoms with Crippen LogP contribution in [0.25, 0.3) is 0 Å². The average Bonchev–Trinajstić information content (AvgIpc) is 2.37. The van der Waals surface area contributed by atoms with E-state index < -0.39 is 32.3 Å². The highest BCUT2D eigenvalue weighted by atomic mass is 32.2. The van der Waals surface area contributed by atoms with Crippen molar-refractivity contribution in [1.82, 2.24) is 0 Å². The number of anilines is 1. The van der Waals surface area contributed by atoms with Crippen LogP contribution in [-0.4, -0.2) is 20.6 Å². The third kappa shape index (κ3) is 3.63. The van der Waals surface area contributed by atoms with E-state index in [1.807, 2.05) is 0 Å². The van der Waals surface area contributed by atoms with E-state index in [1.54, 1.807) is 0 Å². The normalized spacial score (nSPS) is 11.2. The van der Waals surface area contributed by atoms with Crippen LogP contribution in [0.2, 0.25) is 0 Å². The number of amides is 1. The predicted molar refractivity (Wildman–Crippen MR) is 73.9 cm³/mol. The van der Waals surface area contributed by atoms with Gasteiger partial charge in [-0.2, -0.15) is 0 Å². The van der Waals surface area contributed by atoms with Gasteiger partial charge in [-0.3, -0.25) is 4.79 Å². The van der Waals surface area contributed by atoms with E-state index in [9.17, 15) is 22.0 Å². The lowest BCUT2D eigenvalue weighted by Crippen LogP contribution is -2.12. The van der Waals surface area contributed by atoms with Gasteiger partial charge in [0.1, 0.15) is 16.5 Å². The summed E-state index contributed by atoms with van der Waals surface area (Å²) in [5.41, 5.74) is 0.304. The molecule has 0 bridgehead atoms. The fourth-order valence-electron chi connectivity index (χ4n) is 1.68. The van der Waals surface area contributed by atoms with Gasteiger partial charge in [-0.05, 0) is 42.5 Å². The summed E-state index contributed by atoms with van der Waals surface area (Å²) in [5, 5.41) is 2.40. The maximum absolute atomic E-state index is 13.7. The van der Waals surface area contributed by atoms with Crippen LogP contribution >= 0.6 is 0 Å². The molecule has 0 aromatic heterocycles. The lowest BCUT2D eigenvalue weighted by molar-refractivity contribution is 0.102. The summed E-state index contributed by atoms with van der Waals surface area (Å²) in [6.07, 6.45) is 0.891. The third-order valence-electron chi connectivity index (χ3n) is 2.70. The summed E-state index contributed by atoms with van der Waals surface area (Å²) < 4.78 is 49.0. The first-order valence-corrected chi connectivity index (χ1v) is 7.73. The second-order valence-electron chi connectivity index (χ2n) is 4.38. The molecule has 0 spiro atoms. The molecule has 7 heteroatoms. The lowest BCUT2D eigenvalue weighted by Gasteiger charge is -2.07. The summed E-state index contributed by atoms with van der Waals surface area (Å²) in [5.74, 6) is -1.98. The SMILES string of the molecule is CS(=O)(=O)c1ccc(NC(=O)c2ccc(F)cc2)cc1F. The van der Waals surface area contributed by atoms with Crippen molar-refractivity contribution in [3.05, 3.63) is 59.7 Å². The second-order valence-corrected chi connectivity index (χ2v) is 6.36.